The molecule has 2 aromatic rings. The van der Waals surface area contributed by atoms with Crippen molar-refractivity contribution in [2.24, 2.45) is 23.7 Å². The van der Waals surface area contributed by atoms with Gasteiger partial charge >= 0.3 is 13.1 Å². The van der Waals surface area contributed by atoms with Gasteiger partial charge in [0.05, 0.1) is 23.6 Å². The second kappa shape index (κ2) is 14.3. The molecule has 1 aromatic carbocycles. The van der Waals surface area contributed by atoms with Crippen LogP contribution in [0.15, 0.2) is 47.7 Å². The molecule has 2 fully saturated rings. The lowest BCUT2D eigenvalue weighted by Crippen LogP contribution is -2.46. The average Bonchev–Trinajstić information content (AvgIpc) is 3.25. The number of carboxylic acids is 1. The topological polar surface area (TPSA) is 137 Å². The summed E-state index contributed by atoms with van der Waals surface area (Å²) in [5, 5.41) is 30.2. The minimum absolute atomic E-state index is 0.0744. The molecule has 3 heterocycles. The summed E-state index contributed by atoms with van der Waals surface area (Å²) in [6, 6.07) is 9.68. The van der Waals surface area contributed by atoms with Crippen LogP contribution in [0.3, 0.4) is 0 Å². The van der Waals surface area contributed by atoms with Crippen LogP contribution >= 0.6 is 0 Å². The number of likely N-dealkylation sites (tertiary alicyclic amines) is 1. The number of rotatable bonds is 12. The van der Waals surface area contributed by atoms with Gasteiger partial charge in [0.2, 0.25) is 11.8 Å². The number of nitrogens with zero attached hydrogens (tertiary/aromatic N) is 2. The molecule has 3 N–H and O–H groups in total. The van der Waals surface area contributed by atoms with Crippen LogP contribution in [0.1, 0.15) is 81.2 Å². The van der Waals surface area contributed by atoms with Gasteiger partial charge in [0.1, 0.15) is 5.75 Å². The summed E-state index contributed by atoms with van der Waals surface area (Å²) in [6.45, 7) is 8.27. The second-order valence-corrected chi connectivity index (χ2v) is 13.4. The molecule has 2 aliphatic heterocycles. The van der Waals surface area contributed by atoms with Crippen molar-refractivity contribution >= 4 is 36.6 Å². The lowest BCUT2D eigenvalue weighted by Gasteiger charge is -2.44. The molecule has 0 bridgehead atoms. The summed E-state index contributed by atoms with van der Waals surface area (Å²) in [5.41, 5.74) is 6.56. The van der Waals surface area contributed by atoms with Crippen LogP contribution in [0.25, 0.3) is 11.6 Å². The third kappa shape index (κ3) is 7.13. The molecule has 9 nitrogen and oxygen atoms in total. The number of carbonyl (C=O) groups excluding carboxylic acids is 2. The Kier molecular flexibility index (Phi) is 10.5. The number of unbranched alkanes of at least 4 members (excludes halogenated alkanes) is 2. The Hall–Kier alpha value is -3.76. The number of phenolic OH excluding ortho intramolecular Hbond substituents is 1. The number of carbonyl (C=O) groups is 3. The van der Waals surface area contributed by atoms with Crippen LogP contribution in [0.2, 0.25) is 6.32 Å². The Morgan fingerprint density at radius 2 is 1.83 bits per heavy atom. The predicted octanol–water partition coefficient (Wildman–Crippen LogP) is 5.82. The van der Waals surface area contributed by atoms with E-state index in [9.17, 15) is 24.5 Å². The molecular formula is C36H45BN2O7. The third-order valence-electron chi connectivity index (χ3n) is 9.83. The van der Waals surface area contributed by atoms with E-state index in [4.69, 9.17) is 9.76 Å². The van der Waals surface area contributed by atoms with E-state index in [0.717, 1.165) is 39.1 Å². The normalized spacial score (nSPS) is 23.3. The minimum atomic E-state index is -1.05. The molecule has 4 atom stereocenters. The van der Waals surface area contributed by atoms with E-state index in [1.165, 1.54) is 4.90 Å². The first-order valence-corrected chi connectivity index (χ1v) is 16.5. The zero-order valence-corrected chi connectivity index (χ0v) is 27.2. The number of imide groups is 1. The Morgan fingerprint density at radius 1 is 1.09 bits per heavy atom. The van der Waals surface area contributed by atoms with Crippen LogP contribution in [0.5, 0.6) is 5.75 Å². The van der Waals surface area contributed by atoms with Crippen LogP contribution in [-0.4, -0.2) is 62.7 Å². The number of carboxylic acid groups (broad SMARTS) is 1. The van der Waals surface area contributed by atoms with E-state index in [1.807, 2.05) is 44.2 Å². The van der Waals surface area contributed by atoms with Gasteiger partial charge in [-0.3, -0.25) is 24.3 Å². The molecule has 46 heavy (non-hydrogen) atoms. The average molecular weight is 629 g/mol. The summed E-state index contributed by atoms with van der Waals surface area (Å²) in [4.78, 5) is 44.3. The fourth-order valence-corrected chi connectivity index (χ4v) is 7.65. The highest BCUT2D eigenvalue weighted by Gasteiger charge is 2.57. The van der Waals surface area contributed by atoms with E-state index in [2.05, 4.69) is 24.9 Å². The molecule has 3 aliphatic rings. The van der Waals surface area contributed by atoms with E-state index >= 15 is 0 Å². The molecule has 5 rings (SSSR count). The number of aliphatic carboxylic acids is 1. The van der Waals surface area contributed by atoms with Gasteiger partial charge < -0.3 is 19.9 Å². The van der Waals surface area contributed by atoms with Gasteiger partial charge in [-0.25, -0.2) is 0 Å². The number of amides is 2. The molecule has 0 unspecified atom stereocenters. The van der Waals surface area contributed by atoms with Gasteiger partial charge in [-0.1, -0.05) is 31.9 Å². The number of hydrogen-bond donors (Lipinski definition) is 3. The fraction of sp³-hybridized carbons (Fsp3) is 0.500. The minimum Gasteiger partial charge on any atom is -0.507 e. The monoisotopic (exact) mass is 628 g/mol. The quantitative estimate of drug-likeness (QED) is 0.116. The summed E-state index contributed by atoms with van der Waals surface area (Å²) < 4.78 is 6.23. The highest BCUT2D eigenvalue weighted by molar-refractivity contribution is 6.43. The van der Waals surface area contributed by atoms with Crippen molar-refractivity contribution in [2.75, 3.05) is 6.54 Å². The molecule has 1 aromatic heterocycles. The maximum absolute atomic E-state index is 13.8. The molecule has 1 aliphatic carbocycles. The highest BCUT2D eigenvalue weighted by atomic mass is 16.5. The van der Waals surface area contributed by atoms with Gasteiger partial charge in [-0.05, 0) is 122 Å². The van der Waals surface area contributed by atoms with Gasteiger partial charge in [0.25, 0.3) is 0 Å². The SMILES string of the molecule is Cc1cc(/C=C(/CC[C@H]2OB(O)C[C@H]3C2=C(C(C)C)C[C@H]2C(=O)N(CCCCCC(=O)O)C(=O)[C@H]23)c2ccccn2)cc(C)c1O. The van der Waals surface area contributed by atoms with Crippen molar-refractivity contribution in [1.82, 2.24) is 9.88 Å². The first-order chi connectivity index (χ1) is 22.0. The zero-order valence-electron chi connectivity index (χ0n) is 27.2. The van der Waals surface area contributed by atoms with E-state index < -0.39 is 31.0 Å². The van der Waals surface area contributed by atoms with Crippen molar-refractivity contribution < 1.29 is 34.3 Å². The van der Waals surface area contributed by atoms with Crippen LogP contribution in [-0.2, 0) is 19.0 Å². The van der Waals surface area contributed by atoms with Crippen molar-refractivity contribution in [3.05, 3.63) is 70.1 Å². The number of aromatic hydroxyl groups is 1. The number of hydrogen-bond acceptors (Lipinski definition) is 7. The Bertz CT molecular complexity index is 1510. The molecule has 0 spiro atoms. The zero-order chi connectivity index (χ0) is 33.1. The fourth-order valence-electron chi connectivity index (χ4n) is 7.65. The van der Waals surface area contributed by atoms with E-state index in [-0.39, 0.29) is 42.1 Å². The van der Waals surface area contributed by atoms with E-state index in [1.54, 1.807) is 6.20 Å². The Labute approximate surface area is 271 Å². The summed E-state index contributed by atoms with van der Waals surface area (Å²) in [6.07, 6.45) is 7.13. The van der Waals surface area contributed by atoms with Crippen LogP contribution < -0.4 is 0 Å². The third-order valence-corrected chi connectivity index (χ3v) is 9.83. The Morgan fingerprint density at radius 3 is 2.48 bits per heavy atom. The first-order valence-electron chi connectivity index (χ1n) is 16.5. The molecule has 0 saturated carbocycles. The number of phenols is 1. The van der Waals surface area contributed by atoms with Gasteiger partial charge in [-0.2, -0.15) is 0 Å². The number of allylic oxidation sites excluding steroid dienone is 2. The smallest absolute Gasteiger partial charge is 0.455 e. The summed E-state index contributed by atoms with van der Waals surface area (Å²) >= 11 is 0. The maximum atomic E-state index is 13.8. The van der Waals surface area contributed by atoms with Crippen LogP contribution in [0, 0.1) is 37.5 Å². The molecule has 2 saturated heterocycles. The van der Waals surface area contributed by atoms with Crippen molar-refractivity contribution in [3.63, 3.8) is 0 Å². The lowest BCUT2D eigenvalue weighted by atomic mass is 9.57. The number of pyridine rings is 1. The molecule has 2 amide bonds. The summed E-state index contributed by atoms with van der Waals surface area (Å²) in [5.74, 6) is -2.02. The highest BCUT2D eigenvalue weighted by Crippen LogP contribution is 2.52. The predicted molar refractivity (Wildman–Crippen MR) is 176 cm³/mol. The maximum Gasteiger partial charge on any atom is 0.455 e. The lowest BCUT2D eigenvalue weighted by molar-refractivity contribution is -0.141. The van der Waals surface area contributed by atoms with Crippen molar-refractivity contribution in [3.8, 4) is 5.75 Å². The first kappa shape index (κ1) is 33.6. The summed E-state index contributed by atoms with van der Waals surface area (Å²) in [7, 11) is -1.05. The van der Waals surface area contributed by atoms with E-state index in [0.29, 0.717) is 45.1 Å². The van der Waals surface area contributed by atoms with Gasteiger partial charge in [0, 0.05) is 19.2 Å². The van der Waals surface area contributed by atoms with Gasteiger partial charge in [0.15, 0.2) is 0 Å². The molecule has 244 valence electrons. The number of benzene rings is 1. The molecule has 0 radical (unpaired) electrons. The largest absolute Gasteiger partial charge is 0.507 e. The number of fused-ring (bicyclic) bond motifs is 3. The van der Waals surface area contributed by atoms with Gasteiger partial charge in [-0.15, -0.1) is 0 Å². The molecular weight excluding hydrogens is 583 g/mol. The second-order valence-electron chi connectivity index (χ2n) is 13.4. The van der Waals surface area contributed by atoms with Crippen molar-refractivity contribution in [2.45, 2.75) is 85.1 Å². The molecule has 10 heteroatoms. The Balaban J connectivity index is 1.41. The standard InChI is InChI=1S/C36H45BN2O7/c1-21(2)26-19-27-33(36(44)39(35(27)43)15-9-5-6-11-31(40)41)28-20-37(45)46-30(32(26)28)13-12-25(29-10-7-8-14-38-29)18-24-16-22(3)34(42)23(4)17-24/h7-8,10,14,16-18,21,27-28,30,33,42,45H,5-6,9,11-13,15,19-20H2,1-4H3,(H,40,41)/b25-18-/t27-,28+,30-,33-/m1/s1. The van der Waals surface area contributed by atoms with Crippen molar-refractivity contribution in [1.29, 1.82) is 0 Å². The number of aromatic nitrogens is 1. The van der Waals surface area contributed by atoms with Crippen LogP contribution in [0.4, 0.5) is 0 Å². The number of aryl methyl sites for hydroxylation is 2.